The maximum absolute atomic E-state index is 5.72. The number of methoxy groups -OCH3 is 1. The lowest BCUT2D eigenvalue weighted by molar-refractivity contribution is 0.415. The van der Waals surface area contributed by atoms with Gasteiger partial charge in [0.15, 0.2) is 0 Å². The van der Waals surface area contributed by atoms with Crippen LogP contribution >= 0.6 is 0 Å². The largest absolute Gasteiger partial charge is 0.496 e. The molecule has 17 heavy (non-hydrogen) atoms. The molecule has 0 bridgehead atoms. The molecule has 1 aromatic heterocycles. The highest BCUT2D eigenvalue weighted by Gasteiger charge is 2.14. The van der Waals surface area contributed by atoms with Crippen LogP contribution in [0.25, 0.3) is 11.3 Å². The zero-order valence-corrected chi connectivity index (χ0v) is 10.6. The van der Waals surface area contributed by atoms with Crippen LogP contribution in [0.5, 0.6) is 5.75 Å². The molecule has 4 heteroatoms. The van der Waals surface area contributed by atoms with E-state index >= 15 is 0 Å². The molecule has 90 valence electrons. The number of aryl methyl sites for hydroxylation is 3. The molecule has 0 spiro atoms. The summed E-state index contributed by atoms with van der Waals surface area (Å²) in [6.45, 7) is 4.12. The van der Waals surface area contributed by atoms with Crippen LogP contribution in [0.3, 0.4) is 0 Å². The van der Waals surface area contributed by atoms with Crippen molar-refractivity contribution in [3.8, 4) is 17.0 Å². The van der Waals surface area contributed by atoms with Crippen molar-refractivity contribution in [1.82, 2.24) is 9.78 Å². The predicted molar refractivity (Wildman–Crippen MR) is 69.1 cm³/mol. The number of anilines is 1. The maximum Gasteiger partial charge on any atom is 0.146 e. The average molecular weight is 231 g/mol. The zero-order chi connectivity index (χ0) is 12.6. The highest BCUT2D eigenvalue weighted by Crippen LogP contribution is 2.34. The first-order chi connectivity index (χ1) is 8.02. The standard InChI is InChI=1S/C13H17N3O/c1-8-5-9(2)13(11(6-8)17-4)10-7-12(14)15-16(10)3/h5-7H,1-4H3,(H2,14,15). The van der Waals surface area contributed by atoms with Crippen molar-refractivity contribution < 1.29 is 4.74 Å². The Bertz CT molecular complexity index is 558. The van der Waals surface area contributed by atoms with Gasteiger partial charge in [-0.25, -0.2) is 0 Å². The fourth-order valence-electron chi connectivity index (χ4n) is 2.14. The van der Waals surface area contributed by atoms with Crippen LogP contribution in [0.1, 0.15) is 11.1 Å². The Morgan fingerprint density at radius 1 is 1.24 bits per heavy atom. The van der Waals surface area contributed by atoms with Crippen LogP contribution in [-0.2, 0) is 7.05 Å². The van der Waals surface area contributed by atoms with Crippen molar-refractivity contribution in [3.63, 3.8) is 0 Å². The summed E-state index contributed by atoms with van der Waals surface area (Å²) in [7, 11) is 3.56. The number of rotatable bonds is 2. The molecule has 0 fully saturated rings. The molecule has 2 N–H and O–H groups in total. The second-order valence-corrected chi connectivity index (χ2v) is 4.24. The molecule has 0 aliphatic carbocycles. The number of nitrogens with zero attached hydrogens (tertiary/aromatic N) is 2. The molecule has 2 rings (SSSR count). The zero-order valence-electron chi connectivity index (χ0n) is 10.6. The van der Waals surface area contributed by atoms with Crippen LogP contribution in [0, 0.1) is 13.8 Å². The van der Waals surface area contributed by atoms with Crippen molar-refractivity contribution >= 4 is 5.82 Å². The molecule has 1 heterocycles. The Morgan fingerprint density at radius 2 is 1.94 bits per heavy atom. The lowest BCUT2D eigenvalue weighted by atomic mass is 10.0. The molecule has 0 radical (unpaired) electrons. The molecule has 0 atom stereocenters. The first kappa shape index (κ1) is 11.5. The van der Waals surface area contributed by atoms with E-state index in [-0.39, 0.29) is 0 Å². The first-order valence-electron chi connectivity index (χ1n) is 5.48. The van der Waals surface area contributed by atoms with Crippen LogP contribution in [0.2, 0.25) is 0 Å². The second kappa shape index (κ2) is 4.13. The van der Waals surface area contributed by atoms with Gasteiger partial charge in [-0.15, -0.1) is 0 Å². The number of hydrogen-bond acceptors (Lipinski definition) is 3. The highest BCUT2D eigenvalue weighted by molar-refractivity contribution is 5.73. The first-order valence-corrected chi connectivity index (χ1v) is 5.48. The number of benzene rings is 1. The number of nitrogen functional groups attached to an aromatic ring is 1. The summed E-state index contributed by atoms with van der Waals surface area (Å²) in [5, 5.41) is 4.17. The van der Waals surface area contributed by atoms with Crippen LogP contribution in [-0.4, -0.2) is 16.9 Å². The van der Waals surface area contributed by atoms with Crippen molar-refractivity contribution in [2.24, 2.45) is 7.05 Å². The fraction of sp³-hybridized carbons (Fsp3) is 0.308. The van der Waals surface area contributed by atoms with Gasteiger partial charge in [0.25, 0.3) is 0 Å². The maximum atomic E-state index is 5.72. The Labute approximate surface area is 101 Å². The smallest absolute Gasteiger partial charge is 0.146 e. The van der Waals surface area contributed by atoms with Gasteiger partial charge in [-0.05, 0) is 31.0 Å². The molecular weight excluding hydrogens is 214 g/mol. The van der Waals surface area contributed by atoms with Gasteiger partial charge >= 0.3 is 0 Å². The van der Waals surface area contributed by atoms with E-state index in [9.17, 15) is 0 Å². The van der Waals surface area contributed by atoms with E-state index in [2.05, 4.69) is 25.0 Å². The monoisotopic (exact) mass is 231 g/mol. The van der Waals surface area contributed by atoms with Crippen LogP contribution < -0.4 is 10.5 Å². The Hall–Kier alpha value is -1.97. The molecule has 0 amide bonds. The lowest BCUT2D eigenvalue weighted by Crippen LogP contribution is -1.98. The van der Waals surface area contributed by atoms with Gasteiger partial charge in [-0.1, -0.05) is 6.07 Å². The number of ether oxygens (including phenoxy) is 1. The minimum absolute atomic E-state index is 0.518. The minimum atomic E-state index is 0.518. The van der Waals surface area contributed by atoms with E-state index in [1.165, 1.54) is 5.56 Å². The van der Waals surface area contributed by atoms with Gasteiger partial charge in [-0.2, -0.15) is 5.10 Å². The average Bonchev–Trinajstić information content (AvgIpc) is 2.56. The third-order valence-electron chi connectivity index (χ3n) is 2.82. The van der Waals surface area contributed by atoms with E-state index in [0.29, 0.717) is 5.82 Å². The van der Waals surface area contributed by atoms with Gasteiger partial charge in [0, 0.05) is 18.7 Å². The summed E-state index contributed by atoms with van der Waals surface area (Å²) < 4.78 is 7.22. The summed E-state index contributed by atoms with van der Waals surface area (Å²) in [5.74, 6) is 1.37. The Kier molecular flexibility index (Phi) is 2.79. The molecule has 2 aromatic rings. The predicted octanol–water partition coefficient (Wildman–Crippen LogP) is 2.29. The molecule has 0 saturated carbocycles. The summed E-state index contributed by atoms with van der Waals surface area (Å²) >= 11 is 0. The van der Waals surface area contributed by atoms with Crippen LogP contribution in [0.4, 0.5) is 5.82 Å². The van der Waals surface area contributed by atoms with Gasteiger partial charge in [0.05, 0.1) is 12.8 Å². The Balaban J connectivity index is 2.70. The van der Waals surface area contributed by atoms with E-state index in [4.69, 9.17) is 10.5 Å². The topological polar surface area (TPSA) is 53.1 Å². The van der Waals surface area contributed by atoms with E-state index in [1.807, 2.05) is 19.2 Å². The van der Waals surface area contributed by atoms with Gasteiger partial charge in [0.2, 0.25) is 0 Å². The van der Waals surface area contributed by atoms with Crippen molar-refractivity contribution in [2.45, 2.75) is 13.8 Å². The third-order valence-corrected chi connectivity index (χ3v) is 2.82. The summed E-state index contributed by atoms with van der Waals surface area (Å²) in [4.78, 5) is 0. The van der Waals surface area contributed by atoms with Crippen molar-refractivity contribution in [1.29, 1.82) is 0 Å². The van der Waals surface area contributed by atoms with Gasteiger partial charge < -0.3 is 10.5 Å². The molecule has 0 unspecified atom stereocenters. The van der Waals surface area contributed by atoms with Gasteiger partial charge in [0.1, 0.15) is 11.6 Å². The highest BCUT2D eigenvalue weighted by atomic mass is 16.5. The number of nitrogens with two attached hydrogens (primary N) is 1. The normalized spacial score (nSPS) is 10.6. The molecule has 4 nitrogen and oxygen atoms in total. The summed E-state index contributed by atoms with van der Waals surface area (Å²) in [6.07, 6.45) is 0. The van der Waals surface area contributed by atoms with Crippen molar-refractivity contribution in [2.75, 3.05) is 12.8 Å². The third kappa shape index (κ3) is 1.98. The lowest BCUT2D eigenvalue weighted by Gasteiger charge is -2.13. The van der Waals surface area contributed by atoms with E-state index < -0.39 is 0 Å². The molecular formula is C13H17N3O. The minimum Gasteiger partial charge on any atom is -0.496 e. The van der Waals surface area contributed by atoms with Crippen LogP contribution in [0.15, 0.2) is 18.2 Å². The Morgan fingerprint density at radius 3 is 2.47 bits per heavy atom. The number of aromatic nitrogens is 2. The summed E-state index contributed by atoms with van der Waals surface area (Å²) in [5.41, 5.74) is 10.1. The SMILES string of the molecule is COc1cc(C)cc(C)c1-c1cc(N)nn1C. The van der Waals surface area contributed by atoms with E-state index in [0.717, 1.165) is 22.6 Å². The second-order valence-electron chi connectivity index (χ2n) is 4.24. The quantitative estimate of drug-likeness (QED) is 0.862. The molecule has 0 aliphatic heterocycles. The van der Waals surface area contributed by atoms with E-state index in [1.54, 1.807) is 11.8 Å². The molecule has 0 aliphatic rings. The molecule has 0 saturated heterocycles. The number of hydrogen-bond donors (Lipinski definition) is 1. The molecule has 1 aromatic carbocycles. The van der Waals surface area contributed by atoms with Gasteiger partial charge in [-0.3, -0.25) is 4.68 Å². The summed E-state index contributed by atoms with van der Waals surface area (Å²) in [6, 6.07) is 6.01. The fourth-order valence-corrected chi connectivity index (χ4v) is 2.14. The van der Waals surface area contributed by atoms with Crippen molar-refractivity contribution in [3.05, 3.63) is 29.3 Å².